The summed E-state index contributed by atoms with van der Waals surface area (Å²) in [4.78, 5) is 8.76. The lowest BCUT2D eigenvalue weighted by molar-refractivity contribution is 0.180. The van der Waals surface area contributed by atoms with Gasteiger partial charge in [0.25, 0.3) is 0 Å². The van der Waals surface area contributed by atoms with E-state index in [4.69, 9.17) is 4.74 Å². The lowest BCUT2D eigenvalue weighted by Crippen LogP contribution is -2.51. The van der Waals surface area contributed by atoms with Crippen LogP contribution in [0.4, 0.5) is 0 Å². The standard InChI is InChI=1S/C15H35N5O.HI/c1-15(2,19(4)5)13-18-14(16-3)17-9-11-20(6)10-8-12-21-7;/h8-13H2,1-7H3,(H2,16,17,18);1H. The Morgan fingerprint density at radius 3 is 2.27 bits per heavy atom. The molecule has 6 nitrogen and oxygen atoms in total. The Morgan fingerprint density at radius 1 is 1.14 bits per heavy atom. The Balaban J connectivity index is 0. The molecule has 0 atom stereocenters. The van der Waals surface area contributed by atoms with Crippen LogP contribution >= 0.6 is 24.0 Å². The van der Waals surface area contributed by atoms with Crippen molar-refractivity contribution in [1.29, 1.82) is 0 Å². The van der Waals surface area contributed by atoms with Crippen LogP contribution in [0, 0.1) is 0 Å². The SMILES string of the molecule is CN=C(NCCN(C)CCCOC)NCC(C)(C)N(C)C.I. The van der Waals surface area contributed by atoms with Crippen molar-refractivity contribution < 1.29 is 4.74 Å². The minimum Gasteiger partial charge on any atom is -0.385 e. The maximum Gasteiger partial charge on any atom is 0.191 e. The third-order valence-electron chi connectivity index (χ3n) is 3.80. The second-order valence-corrected chi connectivity index (χ2v) is 6.21. The number of nitrogens with zero attached hydrogens (tertiary/aromatic N) is 3. The second kappa shape index (κ2) is 13.3. The van der Waals surface area contributed by atoms with E-state index in [1.807, 2.05) is 0 Å². The Hall–Kier alpha value is -0.120. The first-order valence-corrected chi connectivity index (χ1v) is 7.63. The lowest BCUT2D eigenvalue weighted by atomic mass is 10.0. The van der Waals surface area contributed by atoms with Crippen LogP contribution in [0.15, 0.2) is 4.99 Å². The molecule has 0 rings (SSSR count). The maximum absolute atomic E-state index is 5.06. The van der Waals surface area contributed by atoms with E-state index in [9.17, 15) is 0 Å². The molecule has 0 aliphatic heterocycles. The Bertz CT molecular complexity index is 298. The predicted octanol–water partition coefficient (Wildman–Crippen LogP) is 1.08. The maximum atomic E-state index is 5.06. The molecule has 0 aromatic heterocycles. The summed E-state index contributed by atoms with van der Waals surface area (Å²) in [6, 6.07) is 0. The smallest absolute Gasteiger partial charge is 0.191 e. The monoisotopic (exact) mass is 429 g/mol. The van der Waals surface area contributed by atoms with Crippen molar-refractivity contribution in [3.8, 4) is 0 Å². The van der Waals surface area contributed by atoms with E-state index < -0.39 is 0 Å². The minimum absolute atomic E-state index is 0. The summed E-state index contributed by atoms with van der Waals surface area (Å²) in [5, 5.41) is 6.73. The van der Waals surface area contributed by atoms with Crippen molar-refractivity contribution in [3.05, 3.63) is 0 Å². The molecule has 0 aliphatic rings. The first kappa shape index (κ1) is 24.1. The Morgan fingerprint density at radius 2 is 1.77 bits per heavy atom. The number of hydrogen-bond donors (Lipinski definition) is 2. The summed E-state index contributed by atoms with van der Waals surface area (Å²) in [6.07, 6.45) is 1.07. The first-order chi connectivity index (χ1) is 9.83. The molecule has 0 aromatic carbocycles. The number of aliphatic imine (C=N–C) groups is 1. The molecule has 0 amide bonds. The van der Waals surface area contributed by atoms with Gasteiger partial charge in [-0.3, -0.25) is 4.99 Å². The van der Waals surface area contributed by atoms with Gasteiger partial charge in [0, 0.05) is 52.5 Å². The number of hydrogen-bond acceptors (Lipinski definition) is 4. The van der Waals surface area contributed by atoms with Gasteiger partial charge < -0.3 is 25.2 Å². The van der Waals surface area contributed by atoms with Crippen molar-refractivity contribution in [2.75, 3.05) is 68.1 Å². The molecule has 22 heavy (non-hydrogen) atoms. The van der Waals surface area contributed by atoms with Crippen LogP contribution in [0.1, 0.15) is 20.3 Å². The van der Waals surface area contributed by atoms with E-state index in [2.05, 4.69) is 60.4 Å². The van der Waals surface area contributed by atoms with E-state index in [1.54, 1.807) is 14.2 Å². The zero-order chi connectivity index (χ0) is 16.3. The van der Waals surface area contributed by atoms with Crippen LogP contribution < -0.4 is 10.6 Å². The second-order valence-electron chi connectivity index (χ2n) is 6.21. The normalized spacial score (nSPS) is 12.5. The molecule has 0 saturated carbocycles. The van der Waals surface area contributed by atoms with Crippen LogP contribution in [0.25, 0.3) is 0 Å². The molecule has 0 aromatic rings. The number of methoxy groups -OCH3 is 1. The van der Waals surface area contributed by atoms with E-state index in [-0.39, 0.29) is 29.5 Å². The van der Waals surface area contributed by atoms with Crippen molar-refractivity contribution in [2.45, 2.75) is 25.8 Å². The van der Waals surface area contributed by atoms with E-state index in [0.717, 1.165) is 45.2 Å². The van der Waals surface area contributed by atoms with Gasteiger partial charge in [-0.05, 0) is 41.4 Å². The largest absolute Gasteiger partial charge is 0.385 e. The van der Waals surface area contributed by atoms with E-state index in [0.29, 0.717) is 0 Å². The van der Waals surface area contributed by atoms with Gasteiger partial charge in [-0.2, -0.15) is 0 Å². The predicted molar refractivity (Wildman–Crippen MR) is 107 cm³/mol. The highest BCUT2D eigenvalue weighted by Gasteiger charge is 2.20. The number of nitrogens with one attached hydrogen (secondary N) is 2. The highest BCUT2D eigenvalue weighted by Crippen LogP contribution is 2.07. The first-order valence-electron chi connectivity index (χ1n) is 7.63. The average Bonchev–Trinajstić information content (AvgIpc) is 2.42. The van der Waals surface area contributed by atoms with Gasteiger partial charge in [-0.25, -0.2) is 0 Å². The molecule has 0 radical (unpaired) electrons. The Kier molecular flexibility index (Phi) is 14.6. The average molecular weight is 429 g/mol. The molecule has 0 unspecified atom stereocenters. The van der Waals surface area contributed by atoms with Crippen molar-refractivity contribution in [1.82, 2.24) is 20.4 Å². The molecular formula is C15H36IN5O. The highest BCUT2D eigenvalue weighted by atomic mass is 127. The van der Waals surface area contributed by atoms with Gasteiger partial charge in [-0.1, -0.05) is 0 Å². The van der Waals surface area contributed by atoms with Gasteiger partial charge in [-0.15, -0.1) is 24.0 Å². The van der Waals surface area contributed by atoms with Crippen molar-refractivity contribution >= 4 is 29.9 Å². The van der Waals surface area contributed by atoms with Gasteiger partial charge in [0.15, 0.2) is 5.96 Å². The van der Waals surface area contributed by atoms with Crippen LogP contribution in [-0.2, 0) is 4.74 Å². The van der Waals surface area contributed by atoms with Crippen LogP contribution in [0.2, 0.25) is 0 Å². The fourth-order valence-corrected chi connectivity index (χ4v) is 1.63. The van der Waals surface area contributed by atoms with Gasteiger partial charge in [0.2, 0.25) is 0 Å². The lowest BCUT2D eigenvalue weighted by Gasteiger charge is -2.33. The summed E-state index contributed by atoms with van der Waals surface area (Å²) in [6.45, 7) is 9.00. The summed E-state index contributed by atoms with van der Waals surface area (Å²) >= 11 is 0. The highest BCUT2D eigenvalue weighted by molar-refractivity contribution is 14.0. The summed E-state index contributed by atoms with van der Waals surface area (Å²) < 4.78 is 5.06. The van der Waals surface area contributed by atoms with Gasteiger partial charge in [0.1, 0.15) is 0 Å². The van der Waals surface area contributed by atoms with Gasteiger partial charge in [0.05, 0.1) is 0 Å². The number of ether oxygens (including phenoxy) is 1. The molecular weight excluding hydrogens is 393 g/mol. The minimum atomic E-state index is 0. The Labute approximate surface area is 154 Å². The van der Waals surface area contributed by atoms with Crippen LogP contribution in [-0.4, -0.2) is 89.4 Å². The quantitative estimate of drug-likeness (QED) is 0.236. The number of guanidine groups is 1. The van der Waals surface area contributed by atoms with E-state index in [1.165, 1.54) is 0 Å². The zero-order valence-corrected chi connectivity index (χ0v) is 17.7. The van der Waals surface area contributed by atoms with Crippen LogP contribution in [0.3, 0.4) is 0 Å². The molecule has 0 fully saturated rings. The molecule has 0 saturated heterocycles. The number of likely N-dealkylation sites (N-methyl/N-ethyl adjacent to an activating group) is 2. The van der Waals surface area contributed by atoms with Crippen molar-refractivity contribution in [3.63, 3.8) is 0 Å². The van der Waals surface area contributed by atoms with Crippen molar-refractivity contribution in [2.24, 2.45) is 4.99 Å². The van der Waals surface area contributed by atoms with E-state index >= 15 is 0 Å². The molecule has 134 valence electrons. The molecule has 0 heterocycles. The molecule has 2 N–H and O–H groups in total. The summed E-state index contributed by atoms with van der Waals surface area (Å²) in [5.41, 5.74) is 0.0918. The molecule has 0 aliphatic carbocycles. The molecule has 0 bridgehead atoms. The molecule has 0 spiro atoms. The van der Waals surface area contributed by atoms with Gasteiger partial charge >= 0.3 is 0 Å². The third kappa shape index (κ3) is 11.4. The summed E-state index contributed by atoms with van der Waals surface area (Å²) in [5.74, 6) is 0.857. The zero-order valence-electron chi connectivity index (χ0n) is 15.4. The topological polar surface area (TPSA) is 52.1 Å². The summed E-state index contributed by atoms with van der Waals surface area (Å²) in [7, 11) is 9.86. The number of halogens is 1. The molecule has 7 heteroatoms. The fraction of sp³-hybridized carbons (Fsp3) is 0.933. The van der Waals surface area contributed by atoms with Crippen LogP contribution in [0.5, 0.6) is 0 Å². The third-order valence-corrected chi connectivity index (χ3v) is 3.80. The number of rotatable bonds is 10. The fourth-order valence-electron chi connectivity index (χ4n) is 1.63.